The number of sulfonamides is 1. The van der Waals surface area contributed by atoms with Crippen molar-refractivity contribution >= 4 is 15.8 Å². The summed E-state index contributed by atoms with van der Waals surface area (Å²) in [5.74, 6) is 0.328. The van der Waals surface area contributed by atoms with Crippen LogP contribution in [0.4, 0.5) is 5.82 Å². The molecule has 0 bridgehead atoms. The molecule has 0 atom stereocenters. The third kappa shape index (κ3) is 3.38. The van der Waals surface area contributed by atoms with Crippen LogP contribution in [0.5, 0.6) is 0 Å². The first kappa shape index (κ1) is 10.4. The average molecular weight is 212 g/mol. The molecule has 0 unspecified atom stereocenters. The van der Waals surface area contributed by atoms with Gasteiger partial charge in [0.05, 0.1) is 11.8 Å². The number of hydrogen-bond acceptors (Lipinski definition) is 5. The Balaban J connectivity index is 2.67. The largest absolute Gasteiger partial charge is 0.292 e. The second-order valence-corrected chi connectivity index (χ2v) is 4.29. The van der Waals surface area contributed by atoms with E-state index in [9.17, 15) is 8.42 Å². The molecule has 0 radical (unpaired) electrons. The van der Waals surface area contributed by atoms with Crippen molar-refractivity contribution in [2.45, 2.75) is 0 Å². The monoisotopic (exact) mass is 212 g/mol. The SMILES string of the molecule is CS(=O)(=O)NNc1ccc(C#N)cn1. The van der Waals surface area contributed by atoms with Gasteiger partial charge in [0.15, 0.2) is 0 Å². The summed E-state index contributed by atoms with van der Waals surface area (Å²) < 4.78 is 21.3. The van der Waals surface area contributed by atoms with Crippen LogP contribution < -0.4 is 10.3 Å². The first-order valence-corrected chi connectivity index (χ1v) is 5.49. The number of hydrogen-bond donors (Lipinski definition) is 2. The molecule has 1 rings (SSSR count). The molecule has 0 aromatic carbocycles. The fourth-order valence-electron chi connectivity index (χ4n) is 0.679. The maximum Gasteiger partial charge on any atom is 0.225 e. The minimum atomic E-state index is -3.30. The lowest BCUT2D eigenvalue weighted by molar-refractivity contribution is 0.593. The fraction of sp³-hybridized carbons (Fsp3) is 0.143. The number of nitrogens with one attached hydrogen (secondary N) is 2. The van der Waals surface area contributed by atoms with E-state index in [1.807, 2.05) is 6.07 Å². The maximum atomic E-state index is 10.7. The van der Waals surface area contributed by atoms with E-state index in [2.05, 4.69) is 15.2 Å². The van der Waals surface area contributed by atoms with Crippen LogP contribution in [0.15, 0.2) is 18.3 Å². The summed E-state index contributed by atoms with van der Waals surface area (Å²) in [5.41, 5.74) is 2.79. The Morgan fingerprint density at radius 2 is 2.21 bits per heavy atom. The molecule has 0 amide bonds. The van der Waals surface area contributed by atoms with Crippen LogP contribution in [-0.4, -0.2) is 19.7 Å². The molecule has 14 heavy (non-hydrogen) atoms. The van der Waals surface area contributed by atoms with Gasteiger partial charge in [-0.05, 0) is 12.1 Å². The highest BCUT2D eigenvalue weighted by Gasteiger charge is 1.99. The van der Waals surface area contributed by atoms with Crippen LogP contribution >= 0.6 is 0 Å². The number of nitrogens with zero attached hydrogens (tertiary/aromatic N) is 2. The fourth-order valence-corrected chi connectivity index (χ4v) is 0.969. The van der Waals surface area contributed by atoms with Crippen LogP contribution in [0, 0.1) is 11.3 Å². The van der Waals surface area contributed by atoms with Crippen molar-refractivity contribution in [1.29, 1.82) is 5.26 Å². The molecule has 0 saturated carbocycles. The maximum absolute atomic E-state index is 10.7. The molecular formula is C7H8N4O2S. The molecule has 0 aliphatic heterocycles. The highest BCUT2D eigenvalue weighted by atomic mass is 32.2. The Morgan fingerprint density at radius 3 is 2.64 bits per heavy atom. The van der Waals surface area contributed by atoms with E-state index in [0.717, 1.165) is 6.26 Å². The second kappa shape index (κ2) is 4.04. The van der Waals surface area contributed by atoms with Crippen molar-refractivity contribution < 1.29 is 8.42 Å². The second-order valence-electron chi connectivity index (χ2n) is 2.54. The third-order valence-electron chi connectivity index (χ3n) is 1.26. The number of aromatic nitrogens is 1. The minimum absolute atomic E-state index is 0.328. The molecule has 1 heterocycles. The van der Waals surface area contributed by atoms with Crippen LogP contribution in [0.1, 0.15) is 5.56 Å². The van der Waals surface area contributed by atoms with Gasteiger partial charge in [-0.25, -0.2) is 13.4 Å². The zero-order chi connectivity index (χ0) is 10.6. The molecule has 74 valence electrons. The Labute approximate surface area is 81.6 Å². The van der Waals surface area contributed by atoms with E-state index < -0.39 is 10.0 Å². The molecule has 1 aromatic rings. The van der Waals surface area contributed by atoms with Crippen molar-refractivity contribution in [3.8, 4) is 6.07 Å². The smallest absolute Gasteiger partial charge is 0.225 e. The molecule has 1 aromatic heterocycles. The average Bonchev–Trinajstić information content (AvgIpc) is 2.14. The minimum Gasteiger partial charge on any atom is -0.292 e. The van der Waals surface area contributed by atoms with E-state index >= 15 is 0 Å². The van der Waals surface area contributed by atoms with Gasteiger partial charge in [-0.2, -0.15) is 5.26 Å². The topological polar surface area (TPSA) is 94.9 Å². The predicted molar refractivity (Wildman–Crippen MR) is 50.6 cm³/mol. The van der Waals surface area contributed by atoms with Gasteiger partial charge < -0.3 is 0 Å². The first-order chi connectivity index (χ1) is 6.51. The summed E-state index contributed by atoms with van der Waals surface area (Å²) >= 11 is 0. The predicted octanol–water partition coefficient (Wildman–Crippen LogP) is -0.171. The van der Waals surface area contributed by atoms with Gasteiger partial charge in [-0.15, -0.1) is 4.83 Å². The Kier molecular flexibility index (Phi) is 3.01. The van der Waals surface area contributed by atoms with Crippen molar-refractivity contribution in [3.63, 3.8) is 0 Å². The van der Waals surface area contributed by atoms with E-state index in [1.165, 1.54) is 18.3 Å². The number of anilines is 1. The van der Waals surface area contributed by atoms with Gasteiger partial charge in [0.25, 0.3) is 0 Å². The van der Waals surface area contributed by atoms with Gasteiger partial charge in [-0.1, -0.05) is 0 Å². The highest BCUT2D eigenvalue weighted by Crippen LogP contribution is 2.02. The summed E-state index contributed by atoms with van der Waals surface area (Å²) in [7, 11) is -3.30. The van der Waals surface area contributed by atoms with Crippen LogP contribution in [0.25, 0.3) is 0 Å². The molecule has 0 spiro atoms. The lowest BCUT2D eigenvalue weighted by atomic mass is 10.3. The number of nitriles is 1. The van der Waals surface area contributed by atoms with Crippen LogP contribution in [-0.2, 0) is 10.0 Å². The summed E-state index contributed by atoms with van der Waals surface area (Å²) in [5, 5.41) is 8.47. The molecule has 0 aliphatic rings. The van der Waals surface area contributed by atoms with Crippen LogP contribution in [0.2, 0.25) is 0 Å². The Hall–Kier alpha value is -1.65. The van der Waals surface area contributed by atoms with Gasteiger partial charge >= 0.3 is 0 Å². The molecular weight excluding hydrogens is 204 g/mol. The van der Waals surface area contributed by atoms with Gasteiger partial charge in [0, 0.05) is 6.20 Å². The van der Waals surface area contributed by atoms with Crippen molar-refractivity contribution in [3.05, 3.63) is 23.9 Å². The standard InChI is InChI=1S/C7H8N4O2S/c1-14(12,13)11-10-7-3-2-6(4-8)5-9-7/h2-3,5,11H,1H3,(H,9,10). The quantitative estimate of drug-likeness (QED) is 0.678. The van der Waals surface area contributed by atoms with Gasteiger partial charge in [0.1, 0.15) is 11.9 Å². The molecule has 2 N–H and O–H groups in total. The van der Waals surface area contributed by atoms with Crippen molar-refractivity contribution in [2.24, 2.45) is 0 Å². The summed E-state index contributed by atoms with van der Waals surface area (Å²) in [4.78, 5) is 5.84. The molecule has 6 nitrogen and oxygen atoms in total. The summed E-state index contributed by atoms with van der Waals surface area (Å²) in [6.07, 6.45) is 2.36. The zero-order valence-corrected chi connectivity index (χ0v) is 8.17. The summed E-state index contributed by atoms with van der Waals surface area (Å²) in [6, 6.07) is 4.92. The molecule has 0 saturated heterocycles. The van der Waals surface area contributed by atoms with Gasteiger partial charge in [-0.3, -0.25) is 5.43 Å². The van der Waals surface area contributed by atoms with E-state index in [1.54, 1.807) is 0 Å². The molecule has 0 aliphatic carbocycles. The molecule has 0 fully saturated rings. The third-order valence-corrected chi connectivity index (χ3v) is 1.73. The van der Waals surface area contributed by atoms with Crippen molar-refractivity contribution in [2.75, 3.05) is 11.7 Å². The number of hydrazine groups is 1. The van der Waals surface area contributed by atoms with E-state index in [-0.39, 0.29) is 0 Å². The Bertz CT molecular complexity index is 446. The lowest BCUT2D eigenvalue weighted by Gasteiger charge is -2.04. The van der Waals surface area contributed by atoms with E-state index in [4.69, 9.17) is 5.26 Å². The Morgan fingerprint density at radius 1 is 1.50 bits per heavy atom. The highest BCUT2D eigenvalue weighted by molar-refractivity contribution is 7.88. The van der Waals surface area contributed by atoms with Crippen LogP contribution in [0.3, 0.4) is 0 Å². The summed E-state index contributed by atoms with van der Waals surface area (Å²) in [6.45, 7) is 0. The number of rotatable bonds is 3. The lowest BCUT2D eigenvalue weighted by Crippen LogP contribution is -2.28. The first-order valence-electron chi connectivity index (χ1n) is 3.60. The zero-order valence-electron chi connectivity index (χ0n) is 7.35. The molecule has 7 heteroatoms. The van der Waals surface area contributed by atoms with Gasteiger partial charge in [0.2, 0.25) is 10.0 Å². The van der Waals surface area contributed by atoms with E-state index in [0.29, 0.717) is 11.4 Å². The van der Waals surface area contributed by atoms with Crippen molar-refractivity contribution in [1.82, 2.24) is 9.82 Å². The normalized spacial score (nSPS) is 10.6. The number of pyridine rings is 1.